The van der Waals surface area contributed by atoms with Crippen LogP contribution in [0.25, 0.3) is 11.1 Å². The average molecular weight is 382 g/mol. The molecule has 0 atom stereocenters. The van der Waals surface area contributed by atoms with Crippen molar-refractivity contribution in [3.63, 3.8) is 0 Å². The van der Waals surface area contributed by atoms with Gasteiger partial charge in [-0.3, -0.25) is 0 Å². The van der Waals surface area contributed by atoms with E-state index in [4.69, 9.17) is 4.65 Å². The number of hydrogen-bond acceptors (Lipinski definition) is 2. The van der Waals surface area contributed by atoms with Gasteiger partial charge in [0.05, 0.1) is 5.30 Å². The average Bonchev–Trinajstić information content (AvgIpc) is 2.80. The Morgan fingerprint density at radius 2 is 1.11 bits per heavy atom. The van der Waals surface area contributed by atoms with E-state index >= 15 is 0 Å². The van der Waals surface area contributed by atoms with Crippen LogP contribution in [0.3, 0.4) is 0 Å². The molecule has 0 heterocycles. The Balaban J connectivity index is 2.01. The lowest BCUT2D eigenvalue weighted by Crippen LogP contribution is -2.26. The molecule has 0 N–H and O–H groups in total. The quantitative estimate of drug-likeness (QED) is 0.386. The lowest BCUT2D eigenvalue weighted by atomic mass is 10.1. The molecule has 0 radical (unpaired) electrons. The van der Waals surface area contributed by atoms with Crippen molar-refractivity contribution in [1.82, 2.24) is 0 Å². The normalized spacial score (nSPS) is 11.1. The van der Waals surface area contributed by atoms with E-state index < -0.39 is 7.14 Å². The van der Waals surface area contributed by atoms with Crippen molar-refractivity contribution in [1.29, 1.82) is 0 Å². The van der Waals surface area contributed by atoms with Crippen molar-refractivity contribution in [2.24, 2.45) is 0 Å². The van der Waals surface area contributed by atoms with Crippen molar-refractivity contribution in [3.05, 3.63) is 109 Å². The van der Waals surface area contributed by atoms with Gasteiger partial charge in [0.25, 0.3) is 0 Å². The standard InChI is InChI=1S/C24H20BO2P/c25-27-23-17-16-20(19-10-4-1-5-11-19)18-24(23)28(26,21-12-6-2-7-13-21)22-14-8-3-9-15-22/h1-18H,25H2. The van der Waals surface area contributed by atoms with E-state index in [9.17, 15) is 4.57 Å². The van der Waals surface area contributed by atoms with E-state index in [1.807, 2.05) is 97.1 Å². The zero-order valence-electron chi connectivity index (χ0n) is 15.7. The number of benzene rings is 4. The van der Waals surface area contributed by atoms with E-state index in [1.54, 1.807) is 8.05 Å². The maximum Gasteiger partial charge on any atom is 0.322 e. The highest BCUT2D eigenvalue weighted by molar-refractivity contribution is 7.85. The Kier molecular flexibility index (Phi) is 5.19. The van der Waals surface area contributed by atoms with Crippen LogP contribution in [0.1, 0.15) is 0 Å². The molecule has 0 aromatic heterocycles. The van der Waals surface area contributed by atoms with Crippen LogP contribution in [-0.4, -0.2) is 8.05 Å². The third-order valence-electron chi connectivity index (χ3n) is 4.86. The van der Waals surface area contributed by atoms with Gasteiger partial charge in [0.1, 0.15) is 5.75 Å². The van der Waals surface area contributed by atoms with Gasteiger partial charge in [-0.1, -0.05) is 97.1 Å². The molecule has 0 bridgehead atoms. The second kappa shape index (κ2) is 7.92. The lowest BCUT2D eigenvalue weighted by molar-refractivity contribution is 0.589. The summed E-state index contributed by atoms with van der Waals surface area (Å²) in [6.07, 6.45) is 0. The molecule has 0 aliphatic carbocycles. The van der Waals surface area contributed by atoms with E-state index in [0.717, 1.165) is 21.7 Å². The van der Waals surface area contributed by atoms with Gasteiger partial charge < -0.3 is 9.22 Å². The van der Waals surface area contributed by atoms with Crippen LogP contribution >= 0.6 is 7.14 Å². The van der Waals surface area contributed by atoms with Crippen molar-refractivity contribution < 1.29 is 9.22 Å². The van der Waals surface area contributed by atoms with Gasteiger partial charge in [0.15, 0.2) is 7.14 Å². The van der Waals surface area contributed by atoms with E-state index in [-0.39, 0.29) is 0 Å². The summed E-state index contributed by atoms with van der Waals surface area (Å²) in [5.41, 5.74) is 2.10. The van der Waals surface area contributed by atoms with Gasteiger partial charge in [-0.25, -0.2) is 0 Å². The van der Waals surface area contributed by atoms with E-state index in [2.05, 4.69) is 12.1 Å². The van der Waals surface area contributed by atoms with Crippen molar-refractivity contribution in [3.8, 4) is 16.9 Å². The largest absolute Gasteiger partial charge is 0.567 e. The van der Waals surface area contributed by atoms with Crippen LogP contribution in [0, 0.1) is 0 Å². The van der Waals surface area contributed by atoms with E-state index in [1.165, 1.54) is 0 Å². The van der Waals surface area contributed by atoms with Gasteiger partial charge in [-0.15, -0.1) is 0 Å². The molecule has 0 amide bonds. The molecule has 0 aliphatic heterocycles. The fraction of sp³-hybridized carbons (Fsp3) is 0. The van der Waals surface area contributed by atoms with Crippen LogP contribution in [0.4, 0.5) is 0 Å². The molecule has 0 saturated carbocycles. The monoisotopic (exact) mass is 382 g/mol. The maximum absolute atomic E-state index is 14.7. The Labute approximate surface area is 166 Å². The van der Waals surface area contributed by atoms with Crippen LogP contribution in [0.15, 0.2) is 109 Å². The smallest absolute Gasteiger partial charge is 0.322 e. The molecule has 0 saturated heterocycles. The lowest BCUT2D eigenvalue weighted by Gasteiger charge is -2.23. The Morgan fingerprint density at radius 1 is 0.607 bits per heavy atom. The molecular formula is C24H20BO2P. The first-order chi connectivity index (χ1) is 13.7. The molecule has 0 fully saturated rings. The van der Waals surface area contributed by atoms with Gasteiger partial charge in [0, 0.05) is 10.6 Å². The van der Waals surface area contributed by atoms with Gasteiger partial charge in [-0.2, -0.15) is 0 Å². The molecule has 136 valence electrons. The highest BCUT2D eigenvalue weighted by atomic mass is 31.2. The van der Waals surface area contributed by atoms with Crippen LogP contribution in [0.2, 0.25) is 0 Å². The number of hydrogen-bond donors (Lipinski definition) is 0. The fourth-order valence-electron chi connectivity index (χ4n) is 3.45. The molecule has 0 spiro atoms. The molecule has 28 heavy (non-hydrogen) atoms. The second-order valence-corrected chi connectivity index (χ2v) is 9.27. The first kappa shape index (κ1) is 18.3. The molecule has 0 unspecified atom stereocenters. The third-order valence-corrected chi connectivity index (χ3v) is 7.94. The highest BCUT2D eigenvalue weighted by Gasteiger charge is 2.32. The van der Waals surface area contributed by atoms with Crippen LogP contribution < -0.4 is 20.6 Å². The van der Waals surface area contributed by atoms with Gasteiger partial charge in [0.2, 0.25) is 0 Å². The van der Waals surface area contributed by atoms with Gasteiger partial charge >= 0.3 is 8.05 Å². The highest BCUT2D eigenvalue weighted by Crippen LogP contribution is 2.45. The topological polar surface area (TPSA) is 26.3 Å². The SMILES string of the molecule is BOc1ccc(-c2ccccc2)cc1P(=O)(c1ccccc1)c1ccccc1. The minimum Gasteiger partial charge on any atom is -0.567 e. The Morgan fingerprint density at radius 3 is 1.61 bits per heavy atom. The summed E-state index contributed by atoms with van der Waals surface area (Å²) in [6, 6.07) is 35.4. The molecule has 4 heteroatoms. The van der Waals surface area contributed by atoms with Crippen molar-refractivity contribution >= 4 is 31.1 Å². The van der Waals surface area contributed by atoms with Crippen LogP contribution in [0.5, 0.6) is 5.75 Å². The molecule has 4 aromatic carbocycles. The second-order valence-electron chi connectivity index (χ2n) is 6.53. The summed E-state index contributed by atoms with van der Waals surface area (Å²) in [4.78, 5) is 0. The third kappa shape index (κ3) is 3.30. The minimum atomic E-state index is -3.10. The summed E-state index contributed by atoms with van der Waals surface area (Å²) in [5, 5.41) is 2.31. The summed E-state index contributed by atoms with van der Waals surface area (Å²) in [6.45, 7) is 0. The predicted octanol–water partition coefficient (Wildman–Crippen LogP) is 3.92. The Hall–Kier alpha value is -3.03. The zero-order valence-corrected chi connectivity index (χ0v) is 16.6. The zero-order chi connectivity index (χ0) is 19.4. The van der Waals surface area contributed by atoms with Crippen molar-refractivity contribution in [2.45, 2.75) is 0 Å². The minimum absolute atomic E-state index is 0.635. The first-order valence-corrected chi connectivity index (χ1v) is 10.9. The number of rotatable bonds is 5. The van der Waals surface area contributed by atoms with Crippen LogP contribution in [-0.2, 0) is 4.57 Å². The van der Waals surface area contributed by atoms with Crippen molar-refractivity contribution in [2.75, 3.05) is 0 Å². The van der Waals surface area contributed by atoms with Gasteiger partial charge in [-0.05, 0) is 23.3 Å². The predicted molar refractivity (Wildman–Crippen MR) is 120 cm³/mol. The summed E-state index contributed by atoms with van der Waals surface area (Å²) in [5.74, 6) is 0.635. The molecule has 0 aliphatic rings. The molecule has 4 aromatic rings. The maximum atomic E-state index is 14.7. The first-order valence-electron chi connectivity index (χ1n) is 9.19. The van der Waals surface area contributed by atoms with E-state index in [0.29, 0.717) is 11.1 Å². The summed E-state index contributed by atoms with van der Waals surface area (Å²) < 4.78 is 20.4. The molecule has 2 nitrogen and oxygen atoms in total. The molecular weight excluding hydrogens is 362 g/mol. The fourth-order valence-corrected chi connectivity index (χ4v) is 6.28. The molecule has 4 rings (SSSR count). The Bertz CT molecular complexity index is 1070. The summed E-state index contributed by atoms with van der Waals surface area (Å²) >= 11 is 0. The summed E-state index contributed by atoms with van der Waals surface area (Å²) in [7, 11) is -1.48.